The number of rotatable bonds is 3. The SMILES string of the molecule is CCC(C1=C(F)CCC=C1F)N(C)C(C)=O. The Balaban J connectivity index is 3.04. The van der Waals surface area contributed by atoms with E-state index in [0.29, 0.717) is 12.8 Å². The van der Waals surface area contributed by atoms with Crippen LogP contribution < -0.4 is 0 Å². The van der Waals surface area contributed by atoms with E-state index in [1.54, 1.807) is 7.05 Å². The van der Waals surface area contributed by atoms with Gasteiger partial charge in [0, 0.05) is 26.0 Å². The highest BCUT2D eigenvalue weighted by Crippen LogP contribution is 2.32. The lowest BCUT2D eigenvalue weighted by atomic mass is 9.95. The molecule has 0 radical (unpaired) electrons. The molecule has 0 bridgehead atoms. The highest BCUT2D eigenvalue weighted by molar-refractivity contribution is 5.74. The number of carbonyl (C=O) groups is 1. The van der Waals surface area contributed by atoms with Crippen LogP contribution in [0.4, 0.5) is 8.78 Å². The first kappa shape index (κ1) is 12.9. The van der Waals surface area contributed by atoms with Gasteiger partial charge in [0.25, 0.3) is 0 Å². The molecule has 0 aromatic carbocycles. The third kappa shape index (κ3) is 2.49. The summed E-state index contributed by atoms with van der Waals surface area (Å²) in [5.41, 5.74) is 0.0476. The number of hydrogen-bond acceptors (Lipinski definition) is 1. The molecule has 1 aliphatic carbocycles. The fourth-order valence-corrected chi connectivity index (χ4v) is 1.93. The molecule has 0 N–H and O–H groups in total. The summed E-state index contributed by atoms with van der Waals surface area (Å²) in [5.74, 6) is -1.14. The maximum absolute atomic E-state index is 13.6. The minimum absolute atomic E-state index is 0.0476. The first-order valence-corrected chi connectivity index (χ1v) is 5.47. The van der Waals surface area contributed by atoms with Gasteiger partial charge >= 0.3 is 0 Å². The maximum Gasteiger partial charge on any atom is 0.219 e. The lowest BCUT2D eigenvalue weighted by Gasteiger charge is -2.29. The van der Waals surface area contributed by atoms with E-state index in [-0.39, 0.29) is 17.9 Å². The minimum Gasteiger partial charge on any atom is -0.339 e. The van der Waals surface area contributed by atoms with Gasteiger partial charge in [-0.2, -0.15) is 0 Å². The Hall–Kier alpha value is -1.19. The molecule has 0 saturated heterocycles. The molecule has 0 aliphatic heterocycles. The van der Waals surface area contributed by atoms with Crippen molar-refractivity contribution in [3.8, 4) is 0 Å². The van der Waals surface area contributed by atoms with E-state index < -0.39 is 17.7 Å². The Morgan fingerprint density at radius 3 is 2.62 bits per heavy atom. The number of halogens is 2. The summed E-state index contributed by atoms with van der Waals surface area (Å²) in [6.45, 7) is 3.21. The second-order valence-corrected chi connectivity index (χ2v) is 3.96. The van der Waals surface area contributed by atoms with Gasteiger partial charge in [-0.3, -0.25) is 4.79 Å². The molecule has 90 valence electrons. The Morgan fingerprint density at radius 1 is 1.56 bits per heavy atom. The fraction of sp³-hybridized carbons (Fsp3) is 0.583. The van der Waals surface area contributed by atoms with Crippen molar-refractivity contribution in [2.24, 2.45) is 0 Å². The minimum atomic E-state index is -0.524. The van der Waals surface area contributed by atoms with Gasteiger partial charge in [0.1, 0.15) is 11.7 Å². The Kier molecular flexibility index (Phi) is 4.21. The van der Waals surface area contributed by atoms with E-state index in [1.807, 2.05) is 6.92 Å². The molecule has 1 atom stereocenters. The summed E-state index contributed by atoms with van der Waals surface area (Å²) in [6, 6.07) is -0.506. The molecule has 0 saturated carbocycles. The lowest BCUT2D eigenvalue weighted by molar-refractivity contribution is -0.129. The first-order chi connectivity index (χ1) is 7.49. The number of hydrogen-bond donors (Lipinski definition) is 0. The topological polar surface area (TPSA) is 20.3 Å². The van der Waals surface area contributed by atoms with Crippen LogP contribution in [0.25, 0.3) is 0 Å². The average Bonchev–Trinajstić information content (AvgIpc) is 2.22. The van der Waals surface area contributed by atoms with Crippen LogP contribution in [0, 0.1) is 0 Å². The Bertz CT molecular complexity index is 347. The number of nitrogens with zero attached hydrogens (tertiary/aromatic N) is 1. The molecule has 1 unspecified atom stereocenters. The highest BCUT2D eigenvalue weighted by Gasteiger charge is 2.27. The van der Waals surface area contributed by atoms with Crippen molar-refractivity contribution in [2.75, 3.05) is 7.05 Å². The number of carbonyl (C=O) groups excluding carboxylic acids is 1. The first-order valence-electron chi connectivity index (χ1n) is 5.47. The quantitative estimate of drug-likeness (QED) is 0.728. The normalized spacial score (nSPS) is 18.2. The molecule has 1 rings (SSSR count). The second kappa shape index (κ2) is 5.23. The molecule has 0 aromatic rings. The molecule has 0 spiro atoms. The largest absolute Gasteiger partial charge is 0.339 e. The third-order valence-electron chi connectivity index (χ3n) is 2.92. The molecular weight excluding hydrogens is 212 g/mol. The van der Waals surface area contributed by atoms with Crippen molar-refractivity contribution in [3.63, 3.8) is 0 Å². The zero-order valence-corrected chi connectivity index (χ0v) is 9.89. The van der Waals surface area contributed by atoms with E-state index in [0.717, 1.165) is 0 Å². The van der Waals surface area contributed by atoms with Crippen molar-refractivity contribution in [1.29, 1.82) is 0 Å². The van der Waals surface area contributed by atoms with Gasteiger partial charge < -0.3 is 4.90 Å². The number of amides is 1. The van der Waals surface area contributed by atoms with Crippen molar-refractivity contribution in [2.45, 2.75) is 39.2 Å². The molecule has 0 aromatic heterocycles. The van der Waals surface area contributed by atoms with E-state index in [1.165, 1.54) is 17.9 Å². The number of allylic oxidation sites excluding steroid dienone is 2. The van der Waals surface area contributed by atoms with E-state index in [4.69, 9.17) is 0 Å². The lowest BCUT2D eigenvalue weighted by Crippen LogP contribution is -2.37. The summed E-state index contributed by atoms with van der Waals surface area (Å²) in [7, 11) is 1.57. The van der Waals surface area contributed by atoms with Gasteiger partial charge in [-0.15, -0.1) is 0 Å². The summed E-state index contributed by atoms with van der Waals surface area (Å²) in [6.07, 6.45) is 2.50. The summed E-state index contributed by atoms with van der Waals surface area (Å²) in [4.78, 5) is 12.6. The Labute approximate surface area is 94.6 Å². The van der Waals surface area contributed by atoms with Crippen LogP contribution >= 0.6 is 0 Å². The van der Waals surface area contributed by atoms with Crippen LogP contribution in [0.1, 0.15) is 33.1 Å². The molecule has 2 nitrogen and oxygen atoms in total. The van der Waals surface area contributed by atoms with Crippen molar-refractivity contribution in [3.05, 3.63) is 23.3 Å². The predicted molar refractivity (Wildman–Crippen MR) is 59.1 cm³/mol. The summed E-state index contributed by atoms with van der Waals surface area (Å²) < 4.78 is 27.2. The molecule has 1 aliphatic rings. The molecule has 1 amide bonds. The third-order valence-corrected chi connectivity index (χ3v) is 2.92. The van der Waals surface area contributed by atoms with E-state index in [9.17, 15) is 13.6 Å². The summed E-state index contributed by atoms with van der Waals surface area (Å²) in [5, 5.41) is 0. The molecule has 16 heavy (non-hydrogen) atoms. The number of likely N-dealkylation sites (N-methyl/N-ethyl adjacent to an activating group) is 1. The molecule has 4 heteroatoms. The van der Waals surface area contributed by atoms with Gasteiger partial charge in [0.05, 0.1) is 6.04 Å². The van der Waals surface area contributed by atoms with E-state index >= 15 is 0 Å². The van der Waals surface area contributed by atoms with Crippen LogP contribution in [0.5, 0.6) is 0 Å². The monoisotopic (exact) mass is 229 g/mol. The van der Waals surface area contributed by atoms with Crippen molar-refractivity contribution >= 4 is 5.91 Å². The smallest absolute Gasteiger partial charge is 0.219 e. The standard InChI is InChI=1S/C12H17F2NO/c1-4-11(15(3)8(2)16)12-9(13)6-5-7-10(12)14/h6,11H,4-5,7H2,1-3H3. The fourth-order valence-electron chi connectivity index (χ4n) is 1.93. The highest BCUT2D eigenvalue weighted by atomic mass is 19.1. The van der Waals surface area contributed by atoms with Gasteiger partial charge in [0.15, 0.2) is 0 Å². The zero-order valence-electron chi connectivity index (χ0n) is 9.89. The molecule has 0 heterocycles. The predicted octanol–water partition coefficient (Wildman–Crippen LogP) is 3.11. The maximum atomic E-state index is 13.6. The molecular formula is C12H17F2NO. The second-order valence-electron chi connectivity index (χ2n) is 3.96. The zero-order chi connectivity index (χ0) is 12.3. The average molecular weight is 229 g/mol. The van der Waals surface area contributed by atoms with Crippen LogP contribution in [-0.4, -0.2) is 23.9 Å². The van der Waals surface area contributed by atoms with Crippen molar-refractivity contribution < 1.29 is 13.6 Å². The van der Waals surface area contributed by atoms with Crippen LogP contribution in [-0.2, 0) is 4.79 Å². The van der Waals surface area contributed by atoms with Crippen LogP contribution in [0.15, 0.2) is 23.3 Å². The van der Waals surface area contributed by atoms with E-state index in [2.05, 4.69) is 0 Å². The summed E-state index contributed by atoms with van der Waals surface area (Å²) >= 11 is 0. The van der Waals surface area contributed by atoms with Crippen molar-refractivity contribution in [1.82, 2.24) is 4.90 Å². The van der Waals surface area contributed by atoms with Gasteiger partial charge in [0.2, 0.25) is 5.91 Å². The van der Waals surface area contributed by atoms with Crippen LogP contribution in [0.2, 0.25) is 0 Å². The van der Waals surface area contributed by atoms with Gasteiger partial charge in [-0.05, 0) is 18.9 Å². The Morgan fingerprint density at radius 2 is 2.19 bits per heavy atom. The van der Waals surface area contributed by atoms with Gasteiger partial charge in [-0.25, -0.2) is 8.78 Å². The van der Waals surface area contributed by atoms with Gasteiger partial charge in [-0.1, -0.05) is 6.92 Å². The van der Waals surface area contributed by atoms with Crippen LogP contribution in [0.3, 0.4) is 0 Å². The molecule has 0 fully saturated rings.